The van der Waals surface area contributed by atoms with E-state index in [0.717, 1.165) is 16.5 Å². The molecule has 1 heterocycles. The van der Waals surface area contributed by atoms with Gasteiger partial charge >= 0.3 is 0 Å². The van der Waals surface area contributed by atoms with Crippen molar-refractivity contribution in [1.82, 2.24) is 15.2 Å². The molecule has 0 aliphatic heterocycles. The largest absolute Gasteiger partial charge is 0.325 e. The van der Waals surface area contributed by atoms with E-state index in [-0.39, 0.29) is 11.7 Å². The van der Waals surface area contributed by atoms with E-state index in [4.69, 9.17) is 0 Å². The Balaban J connectivity index is 1.43. The lowest BCUT2D eigenvalue weighted by molar-refractivity contribution is -0.115. The Morgan fingerprint density at radius 1 is 1.07 bits per heavy atom. The number of carbonyl (C=O) groups is 1. The highest BCUT2D eigenvalue weighted by molar-refractivity contribution is 8.00. The first kappa shape index (κ1) is 18.2. The number of nitrogens with one attached hydrogen (secondary N) is 2. The molecule has 2 N–H and O–H groups in total. The molecule has 4 rings (SSSR count). The van der Waals surface area contributed by atoms with Crippen LogP contribution in [0.25, 0.3) is 22.2 Å². The number of hydrogen-bond donors (Lipinski definition) is 2. The minimum Gasteiger partial charge on any atom is -0.325 e. The SMILES string of the molecule is C[C@H](Sc1n[nH]c(-c2ccccc2F)n1)C(=O)Nc1ccc2ccccc2c1. The molecule has 1 atom stereocenters. The van der Waals surface area contributed by atoms with E-state index in [1.807, 2.05) is 42.5 Å². The number of nitrogens with zero attached hydrogens (tertiary/aromatic N) is 2. The van der Waals surface area contributed by atoms with Crippen LogP contribution in [0.3, 0.4) is 0 Å². The number of carbonyl (C=O) groups excluding carboxylic acids is 1. The number of fused-ring (bicyclic) bond motifs is 1. The van der Waals surface area contributed by atoms with Crippen molar-refractivity contribution in [2.24, 2.45) is 0 Å². The predicted octanol–water partition coefficient (Wildman–Crippen LogP) is 4.88. The van der Waals surface area contributed by atoms with Gasteiger partial charge in [0.05, 0.1) is 10.8 Å². The van der Waals surface area contributed by atoms with Gasteiger partial charge in [-0.2, -0.15) is 0 Å². The molecule has 4 aromatic rings. The van der Waals surface area contributed by atoms with Gasteiger partial charge in [0.15, 0.2) is 5.82 Å². The number of H-pyrrole nitrogens is 1. The molecular weight excluding hydrogens is 375 g/mol. The first-order chi connectivity index (χ1) is 13.6. The van der Waals surface area contributed by atoms with Gasteiger partial charge in [0.1, 0.15) is 5.82 Å². The van der Waals surface area contributed by atoms with Crippen molar-refractivity contribution in [3.8, 4) is 11.4 Å². The fourth-order valence-corrected chi connectivity index (χ4v) is 3.52. The summed E-state index contributed by atoms with van der Waals surface area (Å²) in [5, 5.41) is 11.9. The molecule has 0 saturated heterocycles. The Hall–Kier alpha value is -3.19. The van der Waals surface area contributed by atoms with E-state index < -0.39 is 5.25 Å². The van der Waals surface area contributed by atoms with Crippen LogP contribution in [0.5, 0.6) is 0 Å². The van der Waals surface area contributed by atoms with Gasteiger partial charge in [-0.15, -0.1) is 5.10 Å². The second-order valence-corrected chi connectivity index (χ2v) is 7.57. The molecular formula is C21H17FN4OS. The van der Waals surface area contributed by atoms with E-state index in [1.165, 1.54) is 17.8 Å². The van der Waals surface area contributed by atoms with Crippen LogP contribution in [0.1, 0.15) is 6.92 Å². The highest BCUT2D eigenvalue weighted by Gasteiger charge is 2.18. The molecule has 0 aliphatic carbocycles. The first-order valence-corrected chi connectivity index (χ1v) is 9.62. The molecule has 0 saturated carbocycles. The summed E-state index contributed by atoms with van der Waals surface area (Å²) in [4.78, 5) is 16.8. The van der Waals surface area contributed by atoms with Crippen LogP contribution in [0.15, 0.2) is 71.9 Å². The van der Waals surface area contributed by atoms with Crippen molar-refractivity contribution in [2.45, 2.75) is 17.3 Å². The maximum absolute atomic E-state index is 13.9. The Kier molecular flexibility index (Phi) is 5.08. The van der Waals surface area contributed by atoms with Gasteiger partial charge in [0, 0.05) is 5.69 Å². The number of rotatable bonds is 5. The third-order valence-electron chi connectivity index (χ3n) is 4.26. The number of aromatic nitrogens is 3. The number of aromatic amines is 1. The normalized spacial score (nSPS) is 12.1. The molecule has 0 fully saturated rings. The van der Waals surface area contributed by atoms with E-state index in [0.29, 0.717) is 16.5 Å². The lowest BCUT2D eigenvalue weighted by atomic mass is 10.1. The summed E-state index contributed by atoms with van der Waals surface area (Å²) in [5.41, 5.74) is 1.08. The fraction of sp³-hybridized carbons (Fsp3) is 0.0952. The van der Waals surface area contributed by atoms with E-state index in [9.17, 15) is 9.18 Å². The highest BCUT2D eigenvalue weighted by Crippen LogP contribution is 2.25. The van der Waals surface area contributed by atoms with Crippen molar-refractivity contribution in [3.63, 3.8) is 0 Å². The standard InChI is InChI=1S/C21H17FN4OS/c1-13(20(27)23-16-11-10-14-6-2-3-7-15(14)12-16)28-21-24-19(25-26-21)17-8-4-5-9-18(17)22/h2-13H,1H3,(H,23,27)(H,24,25,26)/t13-/m0/s1. The number of thioether (sulfide) groups is 1. The average molecular weight is 392 g/mol. The van der Waals surface area contributed by atoms with Gasteiger partial charge in [-0.05, 0) is 42.0 Å². The molecule has 0 unspecified atom stereocenters. The van der Waals surface area contributed by atoms with Crippen LogP contribution in [-0.2, 0) is 4.79 Å². The van der Waals surface area contributed by atoms with Gasteiger partial charge in [-0.3, -0.25) is 9.89 Å². The van der Waals surface area contributed by atoms with Crippen LogP contribution in [0.2, 0.25) is 0 Å². The number of halogens is 1. The van der Waals surface area contributed by atoms with Crippen molar-refractivity contribution in [2.75, 3.05) is 5.32 Å². The quantitative estimate of drug-likeness (QED) is 0.475. The maximum Gasteiger partial charge on any atom is 0.237 e. The van der Waals surface area contributed by atoms with Crippen molar-refractivity contribution < 1.29 is 9.18 Å². The Labute approximate surface area is 165 Å². The Morgan fingerprint density at radius 2 is 1.82 bits per heavy atom. The summed E-state index contributed by atoms with van der Waals surface area (Å²) in [6.07, 6.45) is 0. The van der Waals surface area contributed by atoms with Crippen LogP contribution in [0, 0.1) is 5.82 Å². The highest BCUT2D eigenvalue weighted by atomic mass is 32.2. The second kappa shape index (κ2) is 7.82. The molecule has 1 amide bonds. The predicted molar refractivity (Wildman–Crippen MR) is 110 cm³/mol. The number of benzene rings is 3. The van der Waals surface area contributed by atoms with Gasteiger partial charge in [0.2, 0.25) is 11.1 Å². The Morgan fingerprint density at radius 3 is 2.64 bits per heavy atom. The zero-order chi connectivity index (χ0) is 19.5. The Bertz CT molecular complexity index is 1140. The molecule has 3 aromatic carbocycles. The minimum absolute atomic E-state index is 0.155. The molecule has 140 valence electrons. The summed E-state index contributed by atoms with van der Waals surface area (Å²) < 4.78 is 13.9. The number of anilines is 1. The third kappa shape index (κ3) is 3.89. The molecule has 0 bridgehead atoms. The smallest absolute Gasteiger partial charge is 0.237 e. The molecule has 1 aromatic heterocycles. The van der Waals surface area contributed by atoms with Gasteiger partial charge < -0.3 is 5.32 Å². The average Bonchev–Trinajstić information content (AvgIpc) is 3.16. The maximum atomic E-state index is 13.9. The summed E-state index contributed by atoms with van der Waals surface area (Å²) >= 11 is 1.21. The molecule has 5 nitrogen and oxygen atoms in total. The van der Waals surface area contributed by atoms with Crippen LogP contribution < -0.4 is 5.32 Å². The third-order valence-corrected chi connectivity index (χ3v) is 5.22. The fourth-order valence-electron chi connectivity index (χ4n) is 2.80. The zero-order valence-corrected chi connectivity index (χ0v) is 15.8. The van der Waals surface area contributed by atoms with Crippen LogP contribution in [0.4, 0.5) is 10.1 Å². The summed E-state index contributed by atoms with van der Waals surface area (Å²) in [6.45, 7) is 1.78. The minimum atomic E-state index is -0.421. The molecule has 28 heavy (non-hydrogen) atoms. The summed E-state index contributed by atoms with van der Waals surface area (Å²) in [5.74, 6) is -0.197. The van der Waals surface area contributed by atoms with E-state index in [1.54, 1.807) is 25.1 Å². The monoisotopic (exact) mass is 392 g/mol. The van der Waals surface area contributed by atoms with Gasteiger partial charge in [0.25, 0.3) is 0 Å². The summed E-state index contributed by atoms with van der Waals surface area (Å²) in [7, 11) is 0. The van der Waals surface area contributed by atoms with Crippen LogP contribution in [-0.4, -0.2) is 26.3 Å². The van der Waals surface area contributed by atoms with Crippen molar-refractivity contribution >= 4 is 34.1 Å². The second-order valence-electron chi connectivity index (χ2n) is 6.26. The molecule has 0 radical (unpaired) electrons. The molecule has 0 spiro atoms. The van der Waals surface area contributed by atoms with Crippen molar-refractivity contribution in [1.29, 1.82) is 0 Å². The van der Waals surface area contributed by atoms with Gasteiger partial charge in [-0.25, -0.2) is 9.37 Å². The summed E-state index contributed by atoms with van der Waals surface area (Å²) in [6, 6.07) is 20.1. The van der Waals surface area contributed by atoms with Crippen molar-refractivity contribution in [3.05, 3.63) is 72.5 Å². The number of hydrogen-bond acceptors (Lipinski definition) is 4. The van der Waals surface area contributed by atoms with Gasteiger partial charge in [-0.1, -0.05) is 54.2 Å². The van der Waals surface area contributed by atoms with E-state index in [2.05, 4.69) is 20.5 Å². The molecule has 7 heteroatoms. The lowest BCUT2D eigenvalue weighted by Crippen LogP contribution is -2.22. The van der Waals surface area contributed by atoms with E-state index >= 15 is 0 Å². The van der Waals surface area contributed by atoms with Crippen LogP contribution >= 0.6 is 11.8 Å². The topological polar surface area (TPSA) is 70.7 Å². The first-order valence-electron chi connectivity index (χ1n) is 8.74. The lowest BCUT2D eigenvalue weighted by Gasteiger charge is -2.10. The zero-order valence-electron chi connectivity index (χ0n) is 15.0. The molecule has 0 aliphatic rings. The number of amides is 1.